The lowest BCUT2D eigenvalue weighted by atomic mass is 9.81. The Kier molecular flexibility index (Phi) is 8.43. The Morgan fingerprint density at radius 1 is 1.17 bits per heavy atom. The van der Waals surface area contributed by atoms with Crippen molar-refractivity contribution >= 4 is 51.6 Å². The first kappa shape index (κ1) is 29.5. The van der Waals surface area contributed by atoms with Gasteiger partial charge in [-0.05, 0) is 57.4 Å². The summed E-state index contributed by atoms with van der Waals surface area (Å²) >= 11 is 7.47. The third kappa shape index (κ3) is 6.28. The molecule has 1 aliphatic carbocycles. The minimum Gasteiger partial charge on any atom is -0.394 e. The van der Waals surface area contributed by atoms with Crippen LogP contribution in [0.25, 0.3) is 10.9 Å². The lowest BCUT2D eigenvalue weighted by Crippen LogP contribution is -2.56. The summed E-state index contributed by atoms with van der Waals surface area (Å²) in [6, 6.07) is 6.34. The predicted octanol–water partition coefficient (Wildman–Crippen LogP) is 3.19. The Labute approximate surface area is 248 Å². The topological polar surface area (TPSA) is 131 Å². The molecule has 1 saturated carbocycles. The Bertz CT molecular complexity index is 1470. The molecule has 0 radical (unpaired) electrons. The number of thiazole rings is 1. The minimum absolute atomic E-state index is 0.0119. The zero-order chi connectivity index (χ0) is 29.5. The summed E-state index contributed by atoms with van der Waals surface area (Å²) in [5.41, 5.74) is 1.77. The quantitative estimate of drug-likeness (QED) is 0.329. The number of fused-ring (bicyclic) bond motifs is 2. The van der Waals surface area contributed by atoms with E-state index in [-0.39, 0.29) is 41.8 Å². The van der Waals surface area contributed by atoms with Gasteiger partial charge in [-0.15, -0.1) is 11.3 Å². The lowest BCUT2D eigenvalue weighted by Gasteiger charge is -2.39. The maximum Gasteiger partial charge on any atom is 0.280 e. The SMILES string of the molecule is CN(C)C(=O)C1CCC(NC(=O)c2cc3cc(Cl)ccc3[nH]2)C(NC(=O)c2nc3c(s2)CN(C(C)(C)CO)CC3)C1. The second-order valence-corrected chi connectivity index (χ2v) is 13.4. The number of aromatic amines is 1. The fourth-order valence-electron chi connectivity index (χ4n) is 5.70. The smallest absolute Gasteiger partial charge is 0.280 e. The van der Waals surface area contributed by atoms with Gasteiger partial charge in [-0.2, -0.15) is 0 Å². The van der Waals surface area contributed by atoms with Crippen LogP contribution in [-0.4, -0.2) is 87.5 Å². The summed E-state index contributed by atoms with van der Waals surface area (Å²) in [5.74, 6) is -0.828. The van der Waals surface area contributed by atoms with E-state index < -0.39 is 6.04 Å². The first-order chi connectivity index (χ1) is 19.4. The lowest BCUT2D eigenvalue weighted by molar-refractivity contribution is -0.134. The van der Waals surface area contributed by atoms with Crippen molar-refractivity contribution < 1.29 is 19.5 Å². The number of aliphatic hydroxyl groups excluding tert-OH is 1. The normalized spacial score (nSPS) is 21.4. The van der Waals surface area contributed by atoms with Crippen LogP contribution in [0.3, 0.4) is 0 Å². The van der Waals surface area contributed by atoms with Crippen LogP contribution < -0.4 is 10.6 Å². The van der Waals surface area contributed by atoms with Gasteiger partial charge in [-0.1, -0.05) is 11.6 Å². The van der Waals surface area contributed by atoms with Crippen molar-refractivity contribution in [1.82, 2.24) is 30.4 Å². The number of nitrogens with zero attached hydrogens (tertiary/aromatic N) is 3. The highest BCUT2D eigenvalue weighted by atomic mass is 35.5. The summed E-state index contributed by atoms with van der Waals surface area (Å²) in [6.45, 7) is 5.44. The molecule has 2 aliphatic rings. The van der Waals surface area contributed by atoms with Crippen LogP contribution >= 0.6 is 22.9 Å². The molecule has 3 atom stereocenters. The van der Waals surface area contributed by atoms with Crippen LogP contribution in [0, 0.1) is 5.92 Å². The van der Waals surface area contributed by atoms with Crippen molar-refractivity contribution in [3.05, 3.63) is 50.6 Å². The summed E-state index contributed by atoms with van der Waals surface area (Å²) in [7, 11) is 3.46. The average molecular weight is 601 g/mol. The number of halogens is 1. The van der Waals surface area contributed by atoms with Crippen LogP contribution in [0.4, 0.5) is 0 Å². The first-order valence-corrected chi connectivity index (χ1v) is 15.1. The van der Waals surface area contributed by atoms with E-state index in [9.17, 15) is 19.5 Å². The molecule has 1 aromatic carbocycles. The molecule has 4 N–H and O–H groups in total. The van der Waals surface area contributed by atoms with Crippen LogP contribution in [0.15, 0.2) is 24.3 Å². The molecular weight excluding hydrogens is 564 g/mol. The predicted molar refractivity (Wildman–Crippen MR) is 159 cm³/mol. The summed E-state index contributed by atoms with van der Waals surface area (Å²) < 4.78 is 0. The van der Waals surface area contributed by atoms with Gasteiger partial charge in [0.25, 0.3) is 11.8 Å². The average Bonchev–Trinajstić information content (AvgIpc) is 3.57. The molecule has 41 heavy (non-hydrogen) atoms. The van der Waals surface area contributed by atoms with Crippen molar-refractivity contribution in [2.75, 3.05) is 27.2 Å². The molecule has 0 saturated heterocycles. The van der Waals surface area contributed by atoms with Gasteiger partial charge in [0.2, 0.25) is 5.91 Å². The molecule has 0 bridgehead atoms. The monoisotopic (exact) mass is 600 g/mol. The van der Waals surface area contributed by atoms with E-state index in [1.165, 1.54) is 11.3 Å². The van der Waals surface area contributed by atoms with E-state index in [2.05, 4.69) is 25.5 Å². The van der Waals surface area contributed by atoms with E-state index >= 15 is 0 Å². The Morgan fingerprint density at radius 3 is 2.66 bits per heavy atom. The Hall–Kier alpha value is -2.99. The maximum absolute atomic E-state index is 13.5. The van der Waals surface area contributed by atoms with Crippen molar-refractivity contribution in [3.63, 3.8) is 0 Å². The fourth-order valence-corrected chi connectivity index (χ4v) is 6.91. The second-order valence-electron chi connectivity index (χ2n) is 11.8. The van der Waals surface area contributed by atoms with E-state index in [0.717, 1.165) is 28.0 Å². The number of amides is 3. The molecule has 2 aromatic heterocycles. The molecule has 3 aromatic rings. The summed E-state index contributed by atoms with van der Waals surface area (Å²) in [6.07, 6.45) is 2.28. The molecule has 3 amide bonds. The van der Waals surface area contributed by atoms with Gasteiger partial charge in [0, 0.05) is 71.9 Å². The van der Waals surface area contributed by atoms with E-state index in [1.807, 2.05) is 19.9 Å². The number of aromatic nitrogens is 2. The van der Waals surface area contributed by atoms with Gasteiger partial charge in [0.15, 0.2) is 5.01 Å². The standard InChI is InChI=1S/C29H37ClN6O4S/c1-29(2,15-37)36-10-9-21-24(14-36)41-27(34-21)26(39)33-22-12-16(28(40)35(3)4)5-7-20(22)32-25(38)23-13-17-11-18(30)6-8-19(17)31-23/h6,8,11,13,16,20,22,31,37H,5,7,9-10,12,14-15H2,1-4H3,(H,32,38)(H,33,39). The van der Waals surface area contributed by atoms with E-state index in [1.54, 1.807) is 37.2 Å². The molecule has 0 spiro atoms. The molecule has 12 heteroatoms. The van der Waals surface area contributed by atoms with Gasteiger partial charge >= 0.3 is 0 Å². The Morgan fingerprint density at radius 2 is 1.93 bits per heavy atom. The summed E-state index contributed by atoms with van der Waals surface area (Å²) in [4.78, 5) is 52.2. The molecule has 3 unspecified atom stereocenters. The minimum atomic E-state index is -0.446. The number of carbonyl (C=O) groups is 3. The second kappa shape index (κ2) is 11.7. The zero-order valence-corrected chi connectivity index (χ0v) is 25.4. The molecule has 1 fully saturated rings. The van der Waals surface area contributed by atoms with Crippen LogP contribution in [-0.2, 0) is 17.8 Å². The van der Waals surface area contributed by atoms with E-state index in [4.69, 9.17) is 11.6 Å². The van der Waals surface area contributed by atoms with Crippen molar-refractivity contribution in [2.24, 2.45) is 5.92 Å². The van der Waals surface area contributed by atoms with Crippen LogP contribution in [0.1, 0.15) is 64.0 Å². The number of benzene rings is 1. The molecule has 1 aliphatic heterocycles. The molecule has 5 rings (SSSR count). The third-order valence-electron chi connectivity index (χ3n) is 8.27. The highest BCUT2D eigenvalue weighted by Gasteiger charge is 2.38. The number of nitrogens with one attached hydrogen (secondary N) is 3. The number of H-pyrrole nitrogens is 1. The maximum atomic E-state index is 13.5. The number of rotatable bonds is 7. The number of hydrogen-bond acceptors (Lipinski definition) is 7. The molecule has 220 valence electrons. The largest absolute Gasteiger partial charge is 0.394 e. The fraction of sp³-hybridized carbons (Fsp3) is 0.517. The van der Waals surface area contributed by atoms with Crippen LogP contribution in [0.2, 0.25) is 5.02 Å². The first-order valence-electron chi connectivity index (χ1n) is 13.9. The van der Waals surface area contributed by atoms with Crippen molar-refractivity contribution in [3.8, 4) is 0 Å². The highest BCUT2D eigenvalue weighted by Crippen LogP contribution is 2.31. The summed E-state index contributed by atoms with van der Waals surface area (Å²) in [5, 5.41) is 17.8. The highest BCUT2D eigenvalue weighted by molar-refractivity contribution is 7.13. The van der Waals surface area contributed by atoms with Crippen molar-refractivity contribution in [1.29, 1.82) is 0 Å². The third-order valence-corrected chi connectivity index (χ3v) is 9.59. The van der Waals surface area contributed by atoms with Gasteiger partial charge in [0.1, 0.15) is 5.69 Å². The van der Waals surface area contributed by atoms with Gasteiger partial charge in [-0.25, -0.2) is 4.98 Å². The Balaban J connectivity index is 1.32. The molecule has 3 heterocycles. The molecular formula is C29H37ClN6O4S. The van der Waals surface area contributed by atoms with Gasteiger partial charge < -0.3 is 25.6 Å². The number of carbonyl (C=O) groups excluding carboxylic acids is 3. The van der Waals surface area contributed by atoms with E-state index in [0.29, 0.717) is 48.0 Å². The number of hydrogen-bond donors (Lipinski definition) is 4. The van der Waals surface area contributed by atoms with Crippen LogP contribution in [0.5, 0.6) is 0 Å². The zero-order valence-electron chi connectivity index (χ0n) is 23.8. The molecule has 10 nitrogen and oxygen atoms in total. The number of aliphatic hydroxyl groups is 1. The van der Waals surface area contributed by atoms with Gasteiger partial charge in [-0.3, -0.25) is 19.3 Å². The van der Waals surface area contributed by atoms with Gasteiger partial charge in [0.05, 0.1) is 18.3 Å². The van der Waals surface area contributed by atoms with Crippen molar-refractivity contribution in [2.45, 2.75) is 63.7 Å².